The van der Waals surface area contributed by atoms with Crippen molar-refractivity contribution in [3.8, 4) is 5.75 Å². The van der Waals surface area contributed by atoms with Crippen molar-refractivity contribution >= 4 is 28.9 Å². The molecule has 1 unspecified atom stereocenters. The summed E-state index contributed by atoms with van der Waals surface area (Å²) in [5.74, 6) is 0.0689. The highest BCUT2D eigenvalue weighted by molar-refractivity contribution is 6.00. The molecule has 4 fully saturated rings. The van der Waals surface area contributed by atoms with Gasteiger partial charge in [0.05, 0.1) is 24.7 Å². The number of fused-ring (bicyclic) bond motifs is 1. The number of imide groups is 1. The van der Waals surface area contributed by atoms with Gasteiger partial charge in [-0.3, -0.25) is 28.5 Å². The van der Waals surface area contributed by atoms with Gasteiger partial charge in [-0.2, -0.15) is 0 Å². The van der Waals surface area contributed by atoms with Crippen LogP contribution in [0.4, 0.5) is 9.18 Å². The Hall–Kier alpha value is -4.23. The molecule has 12 nitrogen and oxygen atoms in total. The first-order chi connectivity index (χ1) is 24.9. The van der Waals surface area contributed by atoms with Crippen molar-refractivity contribution in [1.82, 2.24) is 28.7 Å². The molecule has 0 bridgehead atoms. The zero-order valence-electron chi connectivity index (χ0n) is 30.8. The van der Waals surface area contributed by atoms with Crippen LogP contribution in [0.15, 0.2) is 41.2 Å². The van der Waals surface area contributed by atoms with Gasteiger partial charge < -0.3 is 19.3 Å². The van der Waals surface area contributed by atoms with Crippen molar-refractivity contribution in [2.24, 2.45) is 5.92 Å². The summed E-state index contributed by atoms with van der Waals surface area (Å²) in [5, 5.41) is 0. The van der Waals surface area contributed by atoms with Crippen LogP contribution in [0.25, 0.3) is 11.0 Å². The Morgan fingerprint density at radius 2 is 1.48 bits per heavy atom. The predicted molar refractivity (Wildman–Crippen MR) is 193 cm³/mol. The van der Waals surface area contributed by atoms with E-state index in [0.717, 1.165) is 64.0 Å². The average molecular weight is 719 g/mol. The maximum absolute atomic E-state index is 16.0. The Labute approximate surface area is 304 Å². The van der Waals surface area contributed by atoms with Crippen molar-refractivity contribution in [2.75, 3.05) is 52.9 Å². The lowest BCUT2D eigenvalue weighted by atomic mass is 9.96. The number of carbonyl (C=O) groups is 3. The molecular formula is C39H51FN6O6. The van der Waals surface area contributed by atoms with Crippen molar-refractivity contribution in [3.05, 3.63) is 63.8 Å². The van der Waals surface area contributed by atoms with Crippen LogP contribution in [0.3, 0.4) is 0 Å². The average Bonchev–Trinajstić information content (AvgIpc) is 3.91. The van der Waals surface area contributed by atoms with E-state index in [4.69, 9.17) is 9.47 Å². The third-order valence-electron chi connectivity index (χ3n) is 10.9. The van der Waals surface area contributed by atoms with Gasteiger partial charge in [-0.15, -0.1) is 0 Å². The van der Waals surface area contributed by atoms with E-state index >= 15 is 4.39 Å². The minimum absolute atomic E-state index is 0.0184. The zero-order valence-corrected chi connectivity index (χ0v) is 30.8. The number of imidazole rings is 1. The first-order valence-electron chi connectivity index (χ1n) is 18.7. The van der Waals surface area contributed by atoms with Crippen LogP contribution in [0, 0.1) is 11.7 Å². The number of halogens is 1. The molecule has 1 aliphatic carbocycles. The lowest BCUT2D eigenvalue weighted by Crippen LogP contribution is -2.49. The predicted octanol–water partition coefficient (Wildman–Crippen LogP) is 4.94. The summed E-state index contributed by atoms with van der Waals surface area (Å²) in [6, 6.07) is 9.52. The number of amides is 3. The molecule has 3 aliphatic heterocycles. The number of aromatic nitrogens is 2. The molecule has 1 aromatic heterocycles. The van der Waals surface area contributed by atoms with Gasteiger partial charge in [-0.1, -0.05) is 12.1 Å². The van der Waals surface area contributed by atoms with E-state index in [1.807, 2.05) is 37.8 Å². The minimum Gasteiger partial charge on any atom is -0.497 e. The zero-order chi connectivity index (χ0) is 36.7. The summed E-state index contributed by atoms with van der Waals surface area (Å²) in [7, 11) is 1.57. The quantitative estimate of drug-likeness (QED) is 0.287. The molecule has 2 aromatic carbocycles. The van der Waals surface area contributed by atoms with E-state index in [1.54, 1.807) is 29.9 Å². The van der Waals surface area contributed by atoms with Crippen molar-refractivity contribution < 1.29 is 28.2 Å². The van der Waals surface area contributed by atoms with E-state index in [0.29, 0.717) is 47.9 Å². The van der Waals surface area contributed by atoms with Crippen LogP contribution in [0.2, 0.25) is 0 Å². The van der Waals surface area contributed by atoms with E-state index in [-0.39, 0.29) is 43.1 Å². The lowest BCUT2D eigenvalue weighted by molar-refractivity contribution is -0.151. The third kappa shape index (κ3) is 7.75. The highest BCUT2D eigenvalue weighted by Gasteiger charge is 2.39. The summed E-state index contributed by atoms with van der Waals surface area (Å²) in [6.07, 6.45) is 3.70. The summed E-state index contributed by atoms with van der Waals surface area (Å²) >= 11 is 0. The summed E-state index contributed by atoms with van der Waals surface area (Å²) in [6.45, 7) is 12.0. The molecule has 4 aliphatic rings. The summed E-state index contributed by atoms with van der Waals surface area (Å²) in [4.78, 5) is 61.1. The highest BCUT2D eigenvalue weighted by Crippen LogP contribution is 2.38. The molecule has 0 N–H and O–H groups in total. The maximum Gasteiger partial charge on any atom is 0.410 e. The SMILES string of the molecule is COc1ccc(CN2C(=O)CCC(n3c(=O)n(C4CC4)c4cc(CN5CCN(CC6CCN(C(=O)OC(C)(C)C)CC6)CC5)c(F)cc43)C2=O)cc1. The van der Waals surface area contributed by atoms with Crippen molar-refractivity contribution in [1.29, 1.82) is 0 Å². The largest absolute Gasteiger partial charge is 0.497 e. The van der Waals surface area contributed by atoms with Crippen LogP contribution < -0.4 is 10.4 Å². The number of nitrogens with zero attached hydrogens (tertiary/aromatic N) is 6. The number of piperidine rings is 2. The molecule has 3 amide bonds. The van der Waals surface area contributed by atoms with E-state index in [1.165, 1.54) is 15.5 Å². The lowest BCUT2D eigenvalue weighted by Gasteiger charge is -2.39. The first kappa shape index (κ1) is 36.1. The molecule has 3 saturated heterocycles. The second-order valence-electron chi connectivity index (χ2n) is 15.9. The number of carbonyl (C=O) groups excluding carboxylic acids is 3. The molecule has 52 heavy (non-hydrogen) atoms. The number of hydrogen-bond donors (Lipinski definition) is 0. The number of hydrogen-bond acceptors (Lipinski definition) is 8. The van der Waals surface area contributed by atoms with E-state index in [2.05, 4.69) is 9.80 Å². The molecule has 3 aromatic rings. The summed E-state index contributed by atoms with van der Waals surface area (Å²) in [5.41, 5.74) is 1.53. The van der Waals surface area contributed by atoms with Gasteiger partial charge in [0.1, 0.15) is 23.2 Å². The Morgan fingerprint density at radius 3 is 2.12 bits per heavy atom. The van der Waals surface area contributed by atoms with Gasteiger partial charge in [0.15, 0.2) is 0 Å². The fourth-order valence-electron chi connectivity index (χ4n) is 7.91. The first-order valence-corrected chi connectivity index (χ1v) is 18.7. The second kappa shape index (κ2) is 14.7. The van der Waals surface area contributed by atoms with Gasteiger partial charge in [-0.05, 0) is 82.6 Å². The van der Waals surface area contributed by atoms with Crippen LogP contribution in [0.1, 0.15) is 82.5 Å². The van der Waals surface area contributed by atoms with E-state index < -0.39 is 23.4 Å². The normalized spacial score (nSPS) is 21.3. The monoisotopic (exact) mass is 718 g/mol. The number of rotatable bonds is 9. The Kier molecular flexibility index (Phi) is 10.2. The van der Waals surface area contributed by atoms with Crippen LogP contribution in [0.5, 0.6) is 5.75 Å². The number of benzene rings is 2. The van der Waals surface area contributed by atoms with Gasteiger partial charge in [-0.25, -0.2) is 14.0 Å². The van der Waals surface area contributed by atoms with Gasteiger partial charge in [0.25, 0.3) is 5.91 Å². The van der Waals surface area contributed by atoms with Crippen LogP contribution >= 0.6 is 0 Å². The van der Waals surface area contributed by atoms with Crippen molar-refractivity contribution in [2.45, 2.75) is 90.1 Å². The fraction of sp³-hybridized carbons (Fsp3) is 0.590. The highest BCUT2D eigenvalue weighted by atomic mass is 19.1. The standard InChI is InChI=1S/C39H51FN6O6/c1-39(2,3)52-38(50)43-15-13-27(14-16-43)23-41-17-19-42(20-18-41)25-28-21-33-34(22-31(28)40)46(37(49)45(33)29-7-8-29)32-11-12-35(47)44(36(32)48)24-26-5-9-30(51-4)10-6-26/h5-6,9-10,21-22,27,29,32H,7-8,11-20,23-25H2,1-4H3. The summed E-state index contributed by atoms with van der Waals surface area (Å²) < 4.78 is 29.9. The molecule has 0 radical (unpaired) electrons. The van der Waals surface area contributed by atoms with E-state index in [9.17, 15) is 19.2 Å². The second-order valence-corrected chi connectivity index (χ2v) is 15.9. The smallest absolute Gasteiger partial charge is 0.410 e. The maximum atomic E-state index is 16.0. The molecule has 1 atom stereocenters. The van der Waals surface area contributed by atoms with Crippen molar-refractivity contribution in [3.63, 3.8) is 0 Å². The topological polar surface area (TPSA) is 110 Å². The Bertz CT molecular complexity index is 1860. The van der Waals surface area contributed by atoms with Gasteiger partial charge >= 0.3 is 11.8 Å². The third-order valence-corrected chi connectivity index (χ3v) is 10.9. The van der Waals surface area contributed by atoms with Crippen LogP contribution in [-0.2, 0) is 27.4 Å². The number of piperazine rings is 1. The molecule has 4 heterocycles. The minimum atomic E-state index is -0.895. The molecule has 0 spiro atoms. The molecular weight excluding hydrogens is 667 g/mol. The van der Waals surface area contributed by atoms with Gasteiger partial charge in [0, 0.05) is 76.5 Å². The van der Waals surface area contributed by atoms with Crippen LogP contribution in [-0.4, -0.2) is 105 Å². The Morgan fingerprint density at radius 1 is 0.827 bits per heavy atom. The Balaban J connectivity index is 1.01. The van der Waals surface area contributed by atoms with Gasteiger partial charge in [0.2, 0.25) is 5.91 Å². The molecule has 13 heteroatoms. The fourth-order valence-corrected chi connectivity index (χ4v) is 7.91. The number of methoxy groups -OCH3 is 1. The molecule has 7 rings (SSSR count). The molecule has 280 valence electrons. The number of likely N-dealkylation sites (tertiary alicyclic amines) is 2. The molecule has 1 saturated carbocycles. The number of ether oxygens (including phenoxy) is 2.